The van der Waals surface area contributed by atoms with E-state index < -0.39 is 0 Å². The monoisotopic (exact) mass is 516 g/mol. The molecule has 2 aliphatic rings. The molecule has 0 bridgehead atoms. The van der Waals surface area contributed by atoms with Crippen LogP contribution >= 0.6 is 0 Å². The summed E-state index contributed by atoms with van der Waals surface area (Å²) in [5, 5.41) is 5.49. The fraction of sp³-hybridized carbons (Fsp3) is 0.433. The molecule has 166 valence electrons. The zero-order valence-electron chi connectivity index (χ0n) is 20.8. The molecule has 3 aromatic rings. The third-order valence-electron chi connectivity index (χ3n) is 6.23. The molecule has 0 nitrogen and oxygen atoms in total. The van der Waals surface area contributed by atoms with Gasteiger partial charge in [-0.15, -0.1) is 46.2 Å². The first kappa shape index (κ1) is 25.5. The van der Waals surface area contributed by atoms with E-state index in [2.05, 4.69) is 96.2 Å². The van der Waals surface area contributed by atoms with Crippen LogP contribution in [0.1, 0.15) is 71.9 Å². The molecule has 0 aromatic heterocycles. The summed E-state index contributed by atoms with van der Waals surface area (Å²) in [6.45, 7) is 13.7. The van der Waals surface area contributed by atoms with Crippen molar-refractivity contribution in [1.82, 2.24) is 0 Å². The average Bonchev–Trinajstić information content (AvgIpc) is 3.49. The Kier molecular flexibility index (Phi) is 8.67. The van der Waals surface area contributed by atoms with Gasteiger partial charge in [0.2, 0.25) is 0 Å². The molecule has 1 heterocycles. The zero-order valence-corrected chi connectivity index (χ0v) is 24.3. The summed E-state index contributed by atoms with van der Waals surface area (Å²) in [6, 6.07) is 19.4. The van der Waals surface area contributed by atoms with Gasteiger partial charge in [0.1, 0.15) is 0 Å². The van der Waals surface area contributed by atoms with Gasteiger partial charge in [0, 0.05) is 0 Å². The van der Waals surface area contributed by atoms with Crippen molar-refractivity contribution in [3.63, 3.8) is 0 Å². The van der Waals surface area contributed by atoms with Crippen molar-refractivity contribution < 1.29 is 23.3 Å². The Balaban J connectivity index is 0.000000213. The van der Waals surface area contributed by atoms with Crippen LogP contribution in [0.5, 0.6) is 0 Å². The second kappa shape index (κ2) is 10.9. The van der Waals surface area contributed by atoms with Crippen molar-refractivity contribution in [3.8, 4) is 0 Å². The van der Waals surface area contributed by atoms with Crippen LogP contribution < -0.4 is 0 Å². The molecule has 1 aliphatic heterocycles. The third-order valence-corrected chi connectivity index (χ3v) is 11.8. The molecule has 1 aliphatic carbocycles. The summed E-state index contributed by atoms with van der Waals surface area (Å²) >= 11 is 1.87. The van der Waals surface area contributed by atoms with Crippen LogP contribution in [0.15, 0.2) is 60.7 Å². The zero-order chi connectivity index (χ0) is 23.4. The fourth-order valence-corrected chi connectivity index (χ4v) is 8.28. The van der Waals surface area contributed by atoms with Crippen LogP contribution in [0.25, 0.3) is 21.5 Å². The van der Waals surface area contributed by atoms with E-state index in [4.69, 9.17) is 0 Å². The first-order valence-corrected chi connectivity index (χ1v) is 17.6. The van der Waals surface area contributed by atoms with Crippen LogP contribution in [-0.4, -0.2) is 5.43 Å². The Morgan fingerprint density at radius 2 is 1.31 bits per heavy atom. The van der Waals surface area contributed by atoms with Gasteiger partial charge in [0.15, 0.2) is 0 Å². The van der Waals surface area contributed by atoms with Crippen molar-refractivity contribution in [2.24, 2.45) is 0 Å². The molecule has 3 aromatic carbocycles. The quantitative estimate of drug-likeness (QED) is 0.206. The number of fused-ring (bicyclic) bond motifs is 3. The summed E-state index contributed by atoms with van der Waals surface area (Å²) in [5.41, 5.74) is 3.53. The minimum atomic E-state index is 0.194. The third kappa shape index (κ3) is 6.94. The van der Waals surface area contributed by atoms with E-state index >= 15 is 0 Å². The Hall–Kier alpha value is -1.11. The average molecular weight is 518 g/mol. The van der Waals surface area contributed by atoms with Crippen molar-refractivity contribution in [2.75, 3.05) is 0 Å². The van der Waals surface area contributed by atoms with E-state index in [0.717, 1.165) is 6.42 Å². The van der Waals surface area contributed by atoms with Gasteiger partial charge in [-0.1, -0.05) is 76.9 Å². The Bertz CT molecular complexity index is 1040. The van der Waals surface area contributed by atoms with Crippen molar-refractivity contribution in [2.45, 2.75) is 83.7 Å². The van der Waals surface area contributed by atoms with E-state index in [1.807, 2.05) is 35.5 Å². The van der Waals surface area contributed by atoms with Gasteiger partial charge in [0.25, 0.3) is 0 Å². The van der Waals surface area contributed by atoms with E-state index in [9.17, 15) is 0 Å². The first-order valence-electron chi connectivity index (χ1n) is 12.0. The van der Waals surface area contributed by atoms with Gasteiger partial charge >= 0.3 is 53.7 Å². The molecule has 5 rings (SSSR count). The number of rotatable bonds is 0. The van der Waals surface area contributed by atoms with Crippen LogP contribution in [0.4, 0.5) is 0 Å². The van der Waals surface area contributed by atoms with Gasteiger partial charge in [-0.3, -0.25) is 6.08 Å². The molecule has 0 radical (unpaired) electrons. The topological polar surface area (TPSA) is 0 Å². The Morgan fingerprint density at radius 1 is 0.812 bits per heavy atom. The van der Waals surface area contributed by atoms with Crippen LogP contribution in [0.3, 0.4) is 0 Å². The second-order valence-electron chi connectivity index (χ2n) is 11.1. The number of allylic oxidation sites excluding steroid dienone is 4. The molecule has 1 saturated heterocycles. The van der Waals surface area contributed by atoms with Crippen LogP contribution in [-0.2, 0) is 34.2 Å². The van der Waals surface area contributed by atoms with Gasteiger partial charge in [-0.05, 0) is 10.8 Å². The van der Waals surface area contributed by atoms with Crippen molar-refractivity contribution >= 4 is 27.0 Å². The molecule has 0 amide bonds. The summed E-state index contributed by atoms with van der Waals surface area (Å²) < 4.78 is 0. The minimum absolute atomic E-state index is 0.194. The second-order valence-corrected chi connectivity index (χ2v) is 18.5. The molecule has 0 atom stereocenters. The van der Waals surface area contributed by atoms with Crippen LogP contribution in [0.2, 0.25) is 12.1 Å². The number of benzene rings is 2. The molecule has 0 saturated carbocycles. The van der Waals surface area contributed by atoms with Gasteiger partial charge in [-0.25, -0.2) is 12.2 Å². The van der Waals surface area contributed by atoms with Gasteiger partial charge < -0.3 is 0 Å². The van der Waals surface area contributed by atoms with Crippen molar-refractivity contribution in [3.05, 3.63) is 77.9 Å². The Morgan fingerprint density at radius 3 is 1.59 bits per heavy atom. The molecule has 0 N–H and O–H groups in total. The molecule has 2 heteroatoms. The standard InChI is InChI=1S/C21H25.C5H5.C4H8Si.Zr/c1-20(2,3)16-9-7-14-11-15-8-10-17(21(4,5)6)13-19(15)18(14)12-16;2*1-2-4-5-3-1;/h7-13H,1-6H3;1-3H,4H2;1-4H2;/q2*-1;;+2. The van der Waals surface area contributed by atoms with Gasteiger partial charge in [-0.2, -0.15) is 6.08 Å². The number of hydrogen-bond donors (Lipinski definition) is 0. The molecule has 1 fully saturated rings. The number of hydrogen-bond acceptors (Lipinski definition) is 0. The predicted octanol–water partition coefficient (Wildman–Crippen LogP) is 8.93. The SMILES string of the molecule is CC(C)(C)c1ccc2[cH-]c3ccc(C(C)(C)C)cc3c2c1.[C-]1=CC=CC1.[Zr+2]=[Si]1CCCC1. The van der Waals surface area contributed by atoms with E-state index in [0.29, 0.717) is 5.43 Å². The summed E-state index contributed by atoms with van der Waals surface area (Å²) in [6.07, 6.45) is 13.1. The normalized spacial score (nSPS) is 15.7. The van der Waals surface area contributed by atoms with Crippen LogP contribution in [0, 0.1) is 6.08 Å². The summed E-state index contributed by atoms with van der Waals surface area (Å²) in [7, 11) is 0. The molecule has 0 unspecified atom stereocenters. The molecular weight excluding hydrogens is 480 g/mol. The van der Waals surface area contributed by atoms with E-state index in [-0.39, 0.29) is 10.8 Å². The summed E-state index contributed by atoms with van der Waals surface area (Å²) in [4.78, 5) is 0. The fourth-order valence-electron chi connectivity index (χ4n) is 4.07. The van der Waals surface area contributed by atoms with Gasteiger partial charge in [0.05, 0.1) is 0 Å². The first-order chi connectivity index (χ1) is 15.1. The summed E-state index contributed by atoms with van der Waals surface area (Å²) in [5.74, 6) is 0. The van der Waals surface area contributed by atoms with E-state index in [1.54, 1.807) is 24.9 Å². The molecular formula is C30H38SiZr. The maximum absolute atomic E-state index is 2.99. The molecule has 0 spiro atoms. The predicted molar refractivity (Wildman–Crippen MR) is 141 cm³/mol. The maximum atomic E-state index is 2.99. The molecule has 32 heavy (non-hydrogen) atoms. The Labute approximate surface area is 210 Å². The van der Waals surface area contributed by atoms with Crippen molar-refractivity contribution in [1.29, 1.82) is 0 Å². The van der Waals surface area contributed by atoms with E-state index in [1.165, 1.54) is 32.7 Å².